The van der Waals surface area contributed by atoms with Crippen molar-refractivity contribution in [3.63, 3.8) is 0 Å². The Balaban J connectivity index is 2.08. The first-order valence-electron chi connectivity index (χ1n) is 7.81. The second-order valence-electron chi connectivity index (χ2n) is 6.44. The lowest BCUT2D eigenvalue weighted by Gasteiger charge is -2.23. The summed E-state index contributed by atoms with van der Waals surface area (Å²) < 4.78 is 2.44. The Hall–Kier alpha value is -1.02. The largest absolute Gasteiger partial charge is 0.327 e. The van der Waals surface area contributed by atoms with Crippen molar-refractivity contribution in [2.75, 3.05) is 0 Å². The Morgan fingerprint density at radius 1 is 1.25 bits per heavy atom. The van der Waals surface area contributed by atoms with Crippen molar-refractivity contribution in [2.24, 2.45) is 5.92 Å². The molecule has 3 heteroatoms. The molecule has 0 aliphatic heterocycles. The molecule has 0 bridgehead atoms. The van der Waals surface area contributed by atoms with Crippen LogP contribution in [-0.4, -0.2) is 9.55 Å². The lowest BCUT2D eigenvalue weighted by atomic mass is 9.88. The van der Waals surface area contributed by atoms with Crippen LogP contribution in [0.25, 0.3) is 11.0 Å². The molecule has 2 nitrogen and oxygen atoms in total. The molecular formula is C17H23ClN2. The minimum absolute atomic E-state index is 0.630. The molecule has 3 rings (SSSR count). The zero-order valence-corrected chi connectivity index (χ0v) is 13.2. The van der Waals surface area contributed by atoms with E-state index in [0.29, 0.717) is 11.8 Å². The summed E-state index contributed by atoms with van der Waals surface area (Å²) in [5.74, 6) is 2.55. The fraction of sp³-hybridized carbons (Fsp3) is 0.588. The fourth-order valence-electron chi connectivity index (χ4n) is 3.35. The molecule has 0 atom stereocenters. The van der Waals surface area contributed by atoms with Crippen LogP contribution in [0.3, 0.4) is 0 Å². The number of fused-ring (bicyclic) bond motifs is 1. The molecular weight excluding hydrogens is 268 g/mol. The molecule has 0 unspecified atom stereocenters. The van der Waals surface area contributed by atoms with Gasteiger partial charge in [0.05, 0.1) is 11.0 Å². The van der Waals surface area contributed by atoms with Gasteiger partial charge in [-0.25, -0.2) is 4.98 Å². The number of nitrogens with zero attached hydrogens (tertiary/aromatic N) is 2. The van der Waals surface area contributed by atoms with Gasteiger partial charge in [0.25, 0.3) is 0 Å². The summed E-state index contributed by atoms with van der Waals surface area (Å²) in [6.45, 7) is 5.59. The summed E-state index contributed by atoms with van der Waals surface area (Å²) in [6, 6.07) is 6.10. The van der Waals surface area contributed by atoms with Crippen LogP contribution in [0, 0.1) is 5.92 Å². The summed E-state index contributed by atoms with van der Waals surface area (Å²) in [5, 5.41) is 0.780. The zero-order chi connectivity index (χ0) is 14.1. The first-order valence-corrected chi connectivity index (χ1v) is 8.18. The maximum absolute atomic E-state index is 6.12. The molecule has 0 radical (unpaired) electrons. The fourth-order valence-corrected chi connectivity index (χ4v) is 3.52. The van der Waals surface area contributed by atoms with Crippen molar-refractivity contribution in [3.05, 3.63) is 29.0 Å². The third kappa shape index (κ3) is 2.71. The van der Waals surface area contributed by atoms with E-state index in [1.54, 1.807) is 0 Å². The molecule has 0 N–H and O–H groups in total. The number of imidazole rings is 1. The summed E-state index contributed by atoms with van der Waals surface area (Å²) in [4.78, 5) is 4.93. The van der Waals surface area contributed by atoms with E-state index in [1.165, 1.54) is 43.4 Å². The van der Waals surface area contributed by atoms with Gasteiger partial charge < -0.3 is 4.57 Å². The second-order valence-corrected chi connectivity index (χ2v) is 6.88. The number of rotatable bonds is 3. The highest BCUT2D eigenvalue weighted by Gasteiger charge is 2.22. The van der Waals surface area contributed by atoms with Gasteiger partial charge in [-0.15, -0.1) is 0 Å². The van der Waals surface area contributed by atoms with Gasteiger partial charge in [-0.3, -0.25) is 0 Å². The molecule has 1 heterocycles. The van der Waals surface area contributed by atoms with Gasteiger partial charge in [0.2, 0.25) is 0 Å². The van der Waals surface area contributed by atoms with E-state index >= 15 is 0 Å². The minimum Gasteiger partial charge on any atom is -0.327 e. The lowest BCUT2D eigenvalue weighted by molar-refractivity contribution is 0.406. The van der Waals surface area contributed by atoms with Crippen LogP contribution in [0.15, 0.2) is 18.2 Å². The van der Waals surface area contributed by atoms with Crippen LogP contribution in [0.1, 0.15) is 57.7 Å². The predicted octanol–water partition coefficient (Wildman–Crippen LogP) is 5.39. The van der Waals surface area contributed by atoms with E-state index in [1.807, 2.05) is 12.1 Å². The van der Waals surface area contributed by atoms with Gasteiger partial charge in [0, 0.05) is 17.5 Å². The Morgan fingerprint density at radius 2 is 2.00 bits per heavy atom. The van der Waals surface area contributed by atoms with Crippen LogP contribution in [0.5, 0.6) is 0 Å². The Labute approximate surface area is 126 Å². The lowest BCUT2D eigenvalue weighted by Crippen LogP contribution is -2.14. The van der Waals surface area contributed by atoms with E-state index in [4.69, 9.17) is 16.6 Å². The highest BCUT2D eigenvalue weighted by molar-refractivity contribution is 6.31. The molecule has 1 aromatic heterocycles. The second kappa shape index (κ2) is 5.77. The first-order chi connectivity index (χ1) is 9.65. The van der Waals surface area contributed by atoms with Crippen molar-refractivity contribution in [2.45, 2.75) is 58.4 Å². The molecule has 1 fully saturated rings. The summed E-state index contributed by atoms with van der Waals surface area (Å²) in [5.41, 5.74) is 2.29. The molecule has 20 heavy (non-hydrogen) atoms. The molecule has 0 amide bonds. The third-order valence-corrected chi connectivity index (χ3v) is 4.49. The molecule has 1 aliphatic rings. The number of hydrogen-bond donors (Lipinski definition) is 0. The van der Waals surface area contributed by atoms with Crippen molar-refractivity contribution >= 4 is 22.6 Å². The maximum Gasteiger partial charge on any atom is 0.112 e. The number of hydrogen-bond acceptors (Lipinski definition) is 1. The minimum atomic E-state index is 0.630. The summed E-state index contributed by atoms with van der Waals surface area (Å²) in [6.07, 6.45) is 6.64. The molecule has 108 valence electrons. The third-order valence-electron chi connectivity index (χ3n) is 4.26. The molecule has 1 aromatic carbocycles. The van der Waals surface area contributed by atoms with Crippen molar-refractivity contribution < 1.29 is 0 Å². The Bertz CT molecular complexity index is 594. The van der Waals surface area contributed by atoms with Crippen molar-refractivity contribution in [1.29, 1.82) is 0 Å². The van der Waals surface area contributed by atoms with Gasteiger partial charge in [-0.1, -0.05) is 44.7 Å². The average molecular weight is 291 g/mol. The van der Waals surface area contributed by atoms with Crippen LogP contribution < -0.4 is 0 Å². The Kier molecular flexibility index (Phi) is 4.02. The van der Waals surface area contributed by atoms with Crippen LogP contribution in [0.4, 0.5) is 0 Å². The standard InChI is InChI=1S/C17H23ClN2/c1-12(2)11-20-16-9-8-14(18)10-15(16)19-17(20)13-6-4-3-5-7-13/h8-10,12-13H,3-7,11H2,1-2H3. The topological polar surface area (TPSA) is 17.8 Å². The molecule has 1 aliphatic carbocycles. The van der Waals surface area contributed by atoms with E-state index in [0.717, 1.165) is 17.1 Å². The SMILES string of the molecule is CC(C)Cn1c(C2CCCCC2)nc2cc(Cl)ccc21. The molecule has 2 aromatic rings. The average Bonchev–Trinajstić information content (AvgIpc) is 2.77. The predicted molar refractivity (Wildman–Crippen MR) is 85.4 cm³/mol. The first kappa shape index (κ1) is 13.9. The van der Waals surface area contributed by atoms with E-state index in [2.05, 4.69) is 24.5 Å². The normalized spacial score (nSPS) is 17.2. The Morgan fingerprint density at radius 3 is 2.70 bits per heavy atom. The van der Waals surface area contributed by atoms with E-state index in [-0.39, 0.29) is 0 Å². The molecule has 0 saturated heterocycles. The number of halogens is 1. The van der Waals surface area contributed by atoms with E-state index in [9.17, 15) is 0 Å². The van der Waals surface area contributed by atoms with Crippen LogP contribution in [-0.2, 0) is 6.54 Å². The van der Waals surface area contributed by atoms with Crippen molar-refractivity contribution in [1.82, 2.24) is 9.55 Å². The van der Waals surface area contributed by atoms with Crippen LogP contribution >= 0.6 is 11.6 Å². The van der Waals surface area contributed by atoms with Gasteiger partial charge in [-0.05, 0) is 37.0 Å². The highest BCUT2D eigenvalue weighted by Crippen LogP contribution is 2.34. The van der Waals surface area contributed by atoms with Gasteiger partial charge in [0.15, 0.2) is 0 Å². The zero-order valence-electron chi connectivity index (χ0n) is 12.4. The highest BCUT2D eigenvalue weighted by atomic mass is 35.5. The van der Waals surface area contributed by atoms with Crippen molar-refractivity contribution in [3.8, 4) is 0 Å². The monoisotopic (exact) mass is 290 g/mol. The quantitative estimate of drug-likeness (QED) is 0.740. The molecule has 0 spiro atoms. The van der Waals surface area contributed by atoms with Gasteiger partial charge >= 0.3 is 0 Å². The number of aromatic nitrogens is 2. The number of benzene rings is 1. The maximum atomic E-state index is 6.12. The van der Waals surface area contributed by atoms with Gasteiger partial charge in [0.1, 0.15) is 5.82 Å². The summed E-state index contributed by atoms with van der Waals surface area (Å²) in [7, 11) is 0. The smallest absolute Gasteiger partial charge is 0.112 e. The van der Waals surface area contributed by atoms with Crippen LogP contribution in [0.2, 0.25) is 5.02 Å². The summed E-state index contributed by atoms with van der Waals surface area (Å²) >= 11 is 6.12. The molecule has 1 saturated carbocycles. The van der Waals surface area contributed by atoms with E-state index < -0.39 is 0 Å². The van der Waals surface area contributed by atoms with Gasteiger partial charge in [-0.2, -0.15) is 0 Å².